The summed E-state index contributed by atoms with van der Waals surface area (Å²) in [5.74, 6) is -0.135. The predicted octanol–water partition coefficient (Wildman–Crippen LogP) is 2.65. The van der Waals surface area contributed by atoms with Crippen molar-refractivity contribution in [3.05, 3.63) is 65.7 Å². The highest BCUT2D eigenvalue weighted by Gasteiger charge is 2.02. The Kier molecular flexibility index (Phi) is 5.29. The average Bonchev–Trinajstić information content (AvgIpc) is 2.45. The van der Waals surface area contributed by atoms with Gasteiger partial charge in [0.05, 0.1) is 6.61 Å². The molecule has 2 N–H and O–H groups in total. The highest BCUT2D eigenvalue weighted by Crippen LogP contribution is 2.08. The lowest BCUT2D eigenvalue weighted by Gasteiger charge is -2.08. The number of rotatable bonds is 6. The van der Waals surface area contributed by atoms with E-state index in [1.54, 1.807) is 0 Å². The zero-order valence-electron chi connectivity index (χ0n) is 11.4. The maximum atomic E-state index is 11.7. The standard InChI is InChI=1S/C16H18N2O2/c1-13-6-5-9-15(10-13)18-16(19)11-17-20-12-14-7-3-2-4-8-14/h2-10,17H,11-12H2,1H3,(H,18,19). The molecule has 0 saturated carbocycles. The second-order valence-corrected chi connectivity index (χ2v) is 4.51. The van der Waals surface area contributed by atoms with Gasteiger partial charge in [0, 0.05) is 5.69 Å². The number of hydrogen-bond donors (Lipinski definition) is 2. The van der Waals surface area contributed by atoms with Crippen molar-refractivity contribution < 1.29 is 9.63 Å². The maximum Gasteiger partial charge on any atom is 0.240 e. The third-order valence-corrected chi connectivity index (χ3v) is 2.72. The number of amides is 1. The Labute approximate surface area is 118 Å². The van der Waals surface area contributed by atoms with Crippen LogP contribution in [-0.2, 0) is 16.2 Å². The Morgan fingerprint density at radius 3 is 2.65 bits per heavy atom. The predicted molar refractivity (Wildman–Crippen MR) is 79.0 cm³/mol. The molecule has 20 heavy (non-hydrogen) atoms. The molecule has 0 heterocycles. The Morgan fingerprint density at radius 2 is 1.90 bits per heavy atom. The highest BCUT2D eigenvalue weighted by atomic mass is 16.6. The first-order valence-electron chi connectivity index (χ1n) is 6.49. The van der Waals surface area contributed by atoms with Crippen LogP contribution in [-0.4, -0.2) is 12.5 Å². The number of anilines is 1. The molecule has 0 aliphatic carbocycles. The van der Waals surface area contributed by atoms with Crippen LogP contribution in [0.3, 0.4) is 0 Å². The normalized spacial score (nSPS) is 10.2. The molecule has 0 radical (unpaired) electrons. The first-order valence-corrected chi connectivity index (χ1v) is 6.49. The van der Waals surface area contributed by atoms with Crippen molar-refractivity contribution in [2.24, 2.45) is 0 Å². The topological polar surface area (TPSA) is 50.4 Å². The molecule has 0 saturated heterocycles. The summed E-state index contributed by atoms with van der Waals surface area (Å²) in [5, 5.41) is 2.80. The van der Waals surface area contributed by atoms with Gasteiger partial charge in [-0.1, -0.05) is 42.5 Å². The highest BCUT2D eigenvalue weighted by molar-refractivity contribution is 5.92. The molecule has 0 aliphatic rings. The van der Waals surface area contributed by atoms with Crippen molar-refractivity contribution in [1.82, 2.24) is 5.48 Å². The number of hydroxylamine groups is 1. The summed E-state index contributed by atoms with van der Waals surface area (Å²) in [6.07, 6.45) is 0. The largest absolute Gasteiger partial charge is 0.325 e. The lowest BCUT2D eigenvalue weighted by Crippen LogP contribution is -2.28. The van der Waals surface area contributed by atoms with Crippen LogP contribution in [0.25, 0.3) is 0 Å². The SMILES string of the molecule is Cc1cccc(NC(=O)CNOCc2ccccc2)c1. The van der Waals surface area contributed by atoms with E-state index < -0.39 is 0 Å². The van der Waals surface area contributed by atoms with Gasteiger partial charge in [-0.05, 0) is 30.2 Å². The molecule has 0 bridgehead atoms. The summed E-state index contributed by atoms with van der Waals surface area (Å²) in [6.45, 7) is 2.52. The molecular weight excluding hydrogens is 252 g/mol. The minimum absolute atomic E-state index is 0.112. The van der Waals surface area contributed by atoms with Crippen LogP contribution in [0.1, 0.15) is 11.1 Å². The van der Waals surface area contributed by atoms with Gasteiger partial charge in [0.25, 0.3) is 0 Å². The average molecular weight is 270 g/mol. The second kappa shape index (κ2) is 7.43. The zero-order valence-corrected chi connectivity index (χ0v) is 11.4. The van der Waals surface area contributed by atoms with Gasteiger partial charge < -0.3 is 5.32 Å². The van der Waals surface area contributed by atoms with Gasteiger partial charge >= 0.3 is 0 Å². The lowest BCUT2D eigenvalue weighted by molar-refractivity contribution is -0.118. The summed E-state index contributed by atoms with van der Waals surface area (Å²) >= 11 is 0. The number of benzene rings is 2. The number of nitrogens with one attached hydrogen (secondary N) is 2. The number of aryl methyl sites for hydroxylation is 1. The third kappa shape index (κ3) is 4.84. The van der Waals surface area contributed by atoms with Crippen molar-refractivity contribution in [2.45, 2.75) is 13.5 Å². The molecule has 0 spiro atoms. The molecule has 0 atom stereocenters. The molecule has 2 aromatic rings. The van der Waals surface area contributed by atoms with E-state index >= 15 is 0 Å². The smallest absolute Gasteiger partial charge is 0.240 e. The molecule has 2 aromatic carbocycles. The van der Waals surface area contributed by atoms with Gasteiger partial charge in [0.2, 0.25) is 5.91 Å². The molecule has 0 aromatic heterocycles. The maximum absolute atomic E-state index is 11.7. The van der Waals surface area contributed by atoms with Crippen molar-refractivity contribution in [2.75, 3.05) is 11.9 Å². The molecule has 0 unspecified atom stereocenters. The monoisotopic (exact) mass is 270 g/mol. The first kappa shape index (κ1) is 14.2. The molecule has 4 nitrogen and oxygen atoms in total. The summed E-state index contributed by atoms with van der Waals surface area (Å²) in [6, 6.07) is 17.4. The molecule has 2 rings (SSSR count). The molecule has 4 heteroatoms. The summed E-state index contributed by atoms with van der Waals surface area (Å²) in [5.41, 5.74) is 5.61. The molecule has 1 amide bonds. The fourth-order valence-corrected chi connectivity index (χ4v) is 1.75. The van der Waals surface area contributed by atoms with E-state index in [9.17, 15) is 4.79 Å². The minimum atomic E-state index is -0.135. The quantitative estimate of drug-likeness (QED) is 0.626. The van der Waals surface area contributed by atoms with E-state index in [0.717, 1.165) is 16.8 Å². The fraction of sp³-hybridized carbons (Fsp3) is 0.188. The molecule has 0 fully saturated rings. The number of carbonyl (C=O) groups is 1. The van der Waals surface area contributed by atoms with Gasteiger partial charge in [0.15, 0.2) is 0 Å². The van der Waals surface area contributed by atoms with Crippen LogP contribution < -0.4 is 10.8 Å². The second-order valence-electron chi connectivity index (χ2n) is 4.51. The Hall–Kier alpha value is -2.17. The van der Waals surface area contributed by atoms with Crippen LogP contribution >= 0.6 is 0 Å². The summed E-state index contributed by atoms with van der Waals surface area (Å²) in [4.78, 5) is 16.9. The van der Waals surface area contributed by atoms with Crippen LogP contribution in [0, 0.1) is 6.92 Å². The fourth-order valence-electron chi connectivity index (χ4n) is 1.75. The van der Waals surface area contributed by atoms with Gasteiger partial charge in [-0.25, -0.2) is 0 Å². The summed E-state index contributed by atoms with van der Waals surface area (Å²) in [7, 11) is 0. The van der Waals surface area contributed by atoms with Crippen LogP contribution in [0.5, 0.6) is 0 Å². The van der Waals surface area contributed by atoms with Crippen molar-refractivity contribution in [1.29, 1.82) is 0 Å². The Balaban J connectivity index is 1.68. The van der Waals surface area contributed by atoms with E-state index in [0.29, 0.717) is 6.61 Å². The van der Waals surface area contributed by atoms with Gasteiger partial charge in [-0.15, -0.1) is 0 Å². The van der Waals surface area contributed by atoms with Crippen LogP contribution in [0.4, 0.5) is 5.69 Å². The van der Waals surface area contributed by atoms with Gasteiger partial charge in [0.1, 0.15) is 6.54 Å². The third-order valence-electron chi connectivity index (χ3n) is 2.72. The zero-order chi connectivity index (χ0) is 14.2. The van der Waals surface area contributed by atoms with Gasteiger partial charge in [-0.2, -0.15) is 5.48 Å². The Bertz CT molecular complexity index is 555. The minimum Gasteiger partial charge on any atom is -0.325 e. The van der Waals surface area contributed by atoms with E-state index in [-0.39, 0.29) is 12.5 Å². The Morgan fingerprint density at radius 1 is 1.10 bits per heavy atom. The lowest BCUT2D eigenvalue weighted by atomic mass is 10.2. The van der Waals surface area contributed by atoms with Crippen molar-refractivity contribution in [3.8, 4) is 0 Å². The van der Waals surface area contributed by atoms with E-state index in [2.05, 4.69) is 10.8 Å². The summed E-state index contributed by atoms with van der Waals surface area (Å²) < 4.78 is 0. The van der Waals surface area contributed by atoms with Crippen LogP contribution in [0.2, 0.25) is 0 Å². The molecular formula is C16H18N2O2. The number of carbonyl (C=O) groups excluding carboxylic acids is 1. The van der Waals surface area contributed by atoms with E-state index in [1.165, 1.54) is 0 Å². The van der Waals surface area contributed by atoms with Crippen molar-refractivity contribution >= 4 is 11.6 Å². The van der Waals surface area contributed by atoms with Crippen molar-refractivity contribution in [3.63, 3.8) is 0 Å². The first-order chi connectivity index (χ1) is 9.74. The van der Waals surface area contributed by atoms with Gasteiger partial charge in [-0.3, -0.25) is 9.63 Å². The molecule has 0 aliphatic heterocycles. The van der Waals surface area contributed by atoms with E-state index in [4.69, 9.17) is 4.84 Å². The van der Waals surface area contributed by atoms with E-state index in [1.807, 2.05) is 61.5 Å². The van der Waals surface area contributed by atoms with Crippen LogP contribution in [0.15, 0.2) is 54.6 Å². The number of hydrogen-bond acceptors (Lipinski definition) is 3. The molecule has 104 valence electrons.